The van der Waals surface area contributed by atoms with Gasteiger partial charge in [-0.05, 0) is 6.54 Å². The summed E-state index contributed by atoms with van der Waals surface area (Å²) in [7, 11) is 0. The van der Waals surface area contributed by atoms with Gasteiger partial charge in [-0.15, -0.1) is 0 Å². The molecule has 1 unspecified atom stereocenters. The van der Waals surface area contributed by atoms with E-state index in [2.05, 4.69) is 11.8 Å². The maximum atomic E-state index is 6.10. The molecule has 0 aromatic carbocycles. The number of hydrogen-bond acceptors (Lipinski definition) is 5. The summed E-state index contributed by atoms with van der Waals surface area (Å²) in [4.78, 5) is 2.40. The van der Waals surface area contributed by atoms with Gasteiger partial charge in [0.1, 0.15) is 0 Å². The van der Waals surface area contributed by atoms with Crippen molar-refractivity contribution in [1.82, 2.24) is 4.90 Å². The fourth-order valence-corrected chi connectivity index (χ4v) is 2.59. The summed E-state index contributed by atoms with van der Waals surface area (Å²) in [6.45, 7) is 8.79. The van der Waals surface area contributed by atoms with E-state index in [4.69, 9.17) is 19.9 Å². The molecule has 0 spiro atoms. The lowest BCUT2D eigenvalue weighted by molar-refractivity contribution is -0.145. The molecule has 2 aliphatic heterocycles. The van der Waals surface area contributed by atoms with Crippen molar-refractivity contribution in [3.63, 3.8) is 0 Å². The Morgan fingerprint density at radius 1 is 1.33 bits per heavy atom. The van der Waals surface area contributed by atoms with Crippen molar-refractivity contribution in [2.24, 2.45) is 5.73 Å². The molecule has 2 rings (SSSR count). The van der Waals surface area contributed by atoms with E-state index in [0.717, 1.165) is 52.3 Å². The third-order valence-corrected chi connectivity index (χ3v) is 4.02. The van der Waals surface area contributed by atoms with Crippen molar-refractivity contribution < 1.29 is 14.2 Å². The second-order valence-electron chi connectivity index (χ2n) is 5.20. The summed E-state index contributed by atoms with van der Waals surface area (Å²) in [5.74, 6) is 0. The minimum absolute atomic E-state index is 0.184. The predicted octanol–water partition coefficient (Wildman–Crippen LogP) is 0.232. The summed E-state index contributed by atoms with van der Waals surface area (Å²) < 4.78 is 17.2. The van der Waals surface area contributed by atoms with Crippen LogP contribution in [0.4, 0.5) is 0 Å². The average Bonchev–Trinajstić information content (AvgIpc) is 2.46. The molecular formula is C13H26N2O3. The Bertz CT molecular complexity index is 244. The second kappa shape index (κ2) is 6.82. The van der Waals surface area contributed by atoms with Gasteiger partial charge in [-0.1, -0.05) is 6.92 Å². The second-order valence-corrected chi connectivity index (χ2v) is 5.20. The molecule has 5 heteroatoms. The molecule has 0 bridgehead atoms. The Morgan fingerprint density at radius 3 is 2.78 bits per heavy atom. The van der Waals surface area contributed by atoms with Gasteiger partial charge in [-0.25, -0.2) is 0 Å². The smallest absolute Gasteiger partial charge is 0.0935 e. The molecule has 5 nitrogen and oxygen atoms in total. The molecule has 0 saturated carbocycles. The molecule has 2 heterocycles. The molecule has 0 amide bonds. The van der Waals surface area contributed by atoms with Gasteiger partial charge in [0.25, 0.3) is 0 Å². The lowest BCUT2D eigenvalue weighted by Gasteiger charge is -2.39. The molecule has 0 aliphatic carbocycles. The molecule has 1 atom stereocenters. The average molecular weight is 258 g/mol. The Hall–Kier alpha value is -0.200. The molecule has 0 aromatic heterocycles. The van der Waals surface area contributed by atoms with Gasteiger partial charge in [-0.2, -0.15) is 0 Å². The standard InChI is InChI=1S/C13H26N2O3/c1-2-15-5-8-17-12(9-15)10-18-13(11-14)3-6-16-7-4-13/h12H,2-11,14H2,1H3. The summed E-state index contributed by atoms with van der Waals surface area (Å²) >= 11 is 0. The van der Waals surface area contributed by atoms with Crippen LogP contribution in [-0.2, 0) is 14.2 Å². The summed E-state index contributed by atoms with van der Waals surface area (Å²) in [6, 6.07) is 0. The lowest BCUT2D eigenvalue weighted by Crippen LogP contribution is -2.50. The maximum Gasteiger partial charge on any atom is 0.0935 e. The Morgan fingerprint density at radius 2 is 2.11 bits per heavy atom. The van der Waals surface area contributed by atoms with Gasteiger partial charge in [0.05, 0.1) is 24.9 Å². The zero-order valence-electron chi connectivity index (χ0n) is 11.4. The van der Waals surface area contributed by atoms with Crippen LogP contribution in [0.5, 0.6) is 0 Å². The Balaban J connectivity index is 1.78. The highest BCUT2D eigenvalue weighted by Gasteiger charge is 2.33. The van der Waals surface area contributed by atoms with E-state index >= 15 is 0 Å². The van der Waals surface area contributed by atoms with E-state index in [1.165, 1.54) is 0 Å². The van der Waals surface area contributed by atoms with Crippen LogP contribution in [0.25, 0.3) is 0 Å². The first-order chi connectivity index (χ1) is 8.78. The number of nitrogens with zero attached hydrogens (tertiary/aromatic N) is 1. The van der Waals surface area contributed by atoms with Gasteiger partial charge in [-0.3, -0.25) is 4.90 Å². The fraction of sp³-hybridized carbons (Fsp3) is 1.00. The first-order valence-electron chi connectivity index (χ1n) is 7.04. The van der Waals surface area contributed by atoms with E-state index in [1.54, 1.807) is 0 Å². The number of hydrogen-bond donors (Lipinski definition) is 1. The first-order valence-corrected chi connectivity index (χ1v) is 7.04. The normalized spacial score (nSPS) is 29.3. The van der Waals surface area contributed by atoms with Crippen molar-refractivity contribution in [2.75, 3.05) is 52.6 Å². The number of morpholine rings is 1. The molecule has 2 fully saturated rings. The van der Waals surface area contributed by atoms with Crippen molar-refractivity contribution >= 4 is 0 Å². The van der Waals surface area contributed by atoms with Crippen LogP contribution in [0.1, 0.15) is 19.8 Å². The SMILES string of the molecule is CCN1CCOC(COC2(CN)CCOCC2)C1. The van der Waals surface area contributed by atoms with Crippen molar-refractivity contribution in [1.29, 1.82) is 0 Å². The molecule has 2 saturated heterocycles. The van der Waals surface area contributed by atoms with Crippen LogP contribution in [-0.4, -0.2) is 69.2 Å². The zero-order chi connectivity index (χ0) is 12.8. The highest BCUT2D eigenvalue weighted by atomic mass is 16.6. The highest BCUT2D eigenvalue weighted by molar-refractivity contribution is 4.85. The highest BCUT2D eigenvalue weighted by Crippen LogP contribution is 2.24. The van der Waals surface area contributed by atoms with E-state index in [1.807, 2.05) is 0 Å². The molecule has 2 aliphatic rings. The molecular weight excluding hydrogens is 232 g/mol. The summed E-state index contributed by atoms with van der Waals surface area (Å²) in [6.07, 6.45) is 1.98. The van der Waals surface area contributed by atoms with Gasteiger partial charge in [0.2, 0.25) is 0 Å². The van der Waals surface area contributed by atoms with Crippen LogP contribution in [0.15, 0.2) is 0 Å². The molecule has 0 aromatic rings. The maximum absolute atomic E-state index is 6.10. The van der Waals surface area contributed by atoms with E-state index in [9.17, 15) is 0 Å². The first kappa shape index (κ1) is 14.2. The van der Waals surface area contributed by atoms with Crippen LogP contribution in [0.3, 0.4) is 0 Å². The van der Waals surface area contributed by atoms with E-state index < -0.39 is 0 Å². The number of likely N-dealkylation sites (N-methyl/N-ethyl adjacent to an activating group) is 1. The molecule has 106 valence electrons. The predicted molar refractivity (Wildman–Crippen MR) is 69.6 cm³/mol. The van der Waals surface area contributed by atoms with Crippen LogP contribution < -0.4 is 5.73 Å². The minimum Gasteiger partial charge on any atom is -0.381 e. The van der Waals surface area contributed by atoms with Gasteiger partial charge in [0, 0.05) is 45.7 Å². The van der Waals surface area contributed by atoms with Crippen LogP contribution >= 0.6 is 0 Å². The van der Waals surface area contributed by atoms with Crippen molar-refractivity contribution in [2.45, 2.75) is 31.5 Å². The quantitative estimate of drug-likeness (QED) is 0.765. The third-order valence-electron chi connectivity index (χ3n) is 4.02. The van der Waals surface area contributed by atoms with Crippen LogP contribution in [0, 0.1) is 0 Å². The number of ether oxygens (including phenoxy) is 3. The summed E-state index contributed by atoms with van der Waals surface area (Å²) in [5.41, 5.74) is 5.69. The monoisotopic (exact) mass is 258 g/mol. The van der Waals surface area contributed by atoms with Gasteiger partial charge < -0.3 is 19.9 Å². The Labute approximate surface area is 110 Å². The molecule has 2 N–H and O–H groups in total. The topological polar surface area (TPSA) is 57.0 Å². The van der Waals surface area contributed by atoms with Crippen molar-refractivity contribution in [3.8, 4) is 0 Å². The van der Waals surface area contributed by atoms with E-state index in [0.29, 0.717) is 13.2 Å². The van der Waals surface area contributed by atoms with Crippen LogP contribution in [0.2, 0.25) is 0 Å². The molecule has 0 radical (unpaired) electrons. The largest absolute Gasteiger partial charge is 0.381 e. The minimum atomic E-state index is -0.184. The number of nitrogens with two attached hydrogens (primary N) is 1. The lowest BCUT2D eigenvalue weighted by atomic mass is 9.94. The van der Waals surface area contributed by atoms with Crippen molar-refractivity contribution in [3.05, 3.63) is 0 Å². The molecule has 18 heavy (non-hydrogen) atoms. The zero-order valence-corrected chi connectivity index (χ0v) is 11.4. The summed E-state index contributed by atoms with van der Waals surface area (Å²) in [5, 5.41) is 0. The third kappa shape index (κ3) is 3.65. The number of rotatable bonds is 5. The Kier molecular flexibility index (Phi) is 5.38. The van der Waals surface area contributed by atoms with Gasteiger partial charge in [0.15, 0.2) is 0 Å². The van der Waals surface area contributed by atoms with Gasteiger partial charge >= 0.3 is 0 Å². The fourth-order valence-electron chi connectivity index (χ4n) is 2.59. The van der Waals surface area contributed by atoms with E-state index in [-0.39, 0.29) is 11.7 Å².